The van der Waals surface area contributed by atoms with E-state index in [1.165, 1.54) is 25.7 Å². The van der Waals surface area contributed by atoms with E-state index in [1.54, 1.807) is 0 Å². The predicted octanol–water partition coefficient (Wildman–Crippen LogP) is 4.30. The van der Waals surface area contributed by atoms with Gasteiger partial charge in [-0.25, -0.2) is 4.79 Å². The van der Waals surface area contributed by atoms with Crippen molar-refractivity contribution in [1.29, 1.82) is 0 Å². The molecule has 3 heteroatoms. The summed E-state index contributed by atoms with van der Waals surface area (Å²) in [5.74, 6) is 0. The minimum absolute atomic E-state index is 0.0444. The van der Waals surface area contributed by atoms with E-state index in [2.05, 4.69) is 6.92 Å². The molecule has 0 fully saturated rings. The summed E-state index contributed by atoms with van der Waals surface area (Å²) in [7, 11) is 0. The van der Waals surface area contributed by atoms with Gasteiger partial charge in [0.15, 0.2) is 0 Å². The average Bonchev–Trinajstić information content (AvgIpc) is 2.27. The number of hydrogen-bond acceptors (Lipinski definition) is 3. The van der Waals surface area contributed by atoms with Crippen LogP contribution in [0.15, 0.2) is 0 Å². The summed E-state index contributed by atoms with van der Waals surface area (Å²) in [5.41, 5.74) is 0. The predicted molar refractivity (Wildman–Crippen MR) is 65.6 cm³/mol. The summed E-state index contributed by atoms with van der Waals surface area (Å²) in [4.78, 5) is 11.1. The monoisotopic (exact) mass is 230 g/mol. The average molecular weight is 230 g/mol. The molecule has 0 saturated heterocycles. The van der Waals surface area contributed by atoms with Gasteiger partial charge in [-0.05, 0) is 19.8 Å². The van der Waals surface area contributed by atoms with Gasteiger partial charge >= 0.3 is 6.16 Å². The van der Waals surface area contributed by atoms with Crippen molar-refractivity contribution in [2.75, 3.05) is 6.61 Å². The van der Waals surface area contributed by atoms with Crippen molar-refractivity contribution in [3.8, 4) is 0 Å². The van der Waals surface area contributed by atoms with E-state index in [4.69, 9.17) is 9.47 Å². The Kier molecular flexibility index (Phi) is 10.3. The zero-order valence-corrected chi connectivity index (χ0v) is 11.0. The molecule has 0 rings (SSSR count). The van der Waals surface area contributed by atoms with Crippen molar-refractivity contribution in [3.05, 3.63) is 0 Å². The van der Waals surface area contributed by atoms with Gasteiger partial charge in [0.1, 0.15) is 6.10 Å². The molecule has 3 nitrogen and oxygen atoms in total. The van der Waals surface area contributed by atoms with Crippen LogP contribution in [0, 0.1) is 0 Å². The maximum Gasteiger partial charge on any atom is 0.508 e. The highest BCUT2D eigenvalue weighted by Crippen LogP contribution is 2.05. The lowest BCUT2D eigenvalue weighted by Gasteiger charge is -2.10. The van der Waals surface area contributed by atoms with E-state index in [0.29, 0.717) is 6.61 Å². The second kappa shape index (κ2) is 10.8. The molecule has 96 valence electrons. The minimum atomic E-state index is -0.525. The highest BCUT2D eigenvalue weighted by molar-refractivity contribution is 5.59. The highest BCUT2D eigenvalue weighted by Gasteiger charge is 2.07. The van der Waals surface area contributed by atoms with Crippen LogP contribution in [0.1, 0.15) is 65.7 Å². The van der Waals surface area contributed by atoms with Gasteiger partial charge in [0.2, 0.25) is 0 Å². The summed E-state index contributed by atoms with van der Waals surface area (Å²) < 4.78 is 9.94. The van der Waals surface area contributed by atoms with Crippen LogP contribution in [0.4, 0.5) is 4.79 Å². The largest absolute Gasteiger partial charge is 0.508 e. The van der Waals surface area contributed by atoms with E-state index in [-0.39, 0.29) is 6.10 Å². The molecule has 0 bridgehead atoms. The van der Waals surface area contributed by atoms with E-state index in [9.17, 15) is 4.79 Å². The first-order valence-electron chi connectivity index (χ1n) is 6.54. The van der Waals surface area contributed by atoms with Crippen molar-refractivity contribution in [1.82, 2.24) is 0 Å². The number of hydrogen-bond donors (Lipinski definition) is 0. The van der Waals surface area contributed by atoms with E-state index in [0.717, 1.165) is 19.3 Å². The Hall–Kier alpha value is -0.730. The van der Waals surface area contributed by atoms with Crippen LogP contribution in [-0.2, 0) is 9.47 Å². The van der Waals surface area contributed by atoms with Crippen LogP contribution >= 0.6 is 0 Å². The van der Waals surface area contributed by atoms with Gasteiger partial charge in [-0.15, -0.1) is 0 Å². The molecule has 0 unspecified atom stereocenters. The van der Waals surface area contributed by atoms with Crippen LogP contribution in [0.3, 0.4) is 0 Å². The first kappa shape index (κ1) is 15.3. The number of carbonyl (C=O) groups excluding carboxylic acids is 1. The smallest absolute Gasteiger partial charge is 0.434 e. The zero-order valence-electron chi connectivity index (χ0n) is 11.0. The second-order valence-electron chi connectivity index (χ2n) is 4.20. The molecule has 0 radical (unpaired) electrons. The van der Waals surface area contributed by atoms with Crippen LogP contribution in [-0.4, -0.2) is 18.9 Å². The summed E-state index contributed by atoms with van der Waals surface area (Å²) in [6.45, 7) is 6.53. The highest BCUT2D eigenvalue weighted by atomic mass is 16.7. The zero-order chi connectivity index (χ0) is 12.2. The van der Waals surface area contributed by atoms with Crippen LogP contribution in [0.25, 0.3) is 0 Å². The maximum atomic E-state index is 11.1. The Morgan fingerprint density at radius 2 is 1.69 bits per heavy atom. The van der Waals surface area contributed by atoms with Crippen molar-refractivity contribution in [3.63, 3.8) is 0 Å². The number of carbonyl (C=O) groups is 1. The fourth-order valence-corrected chi connectivity index (χ4v) is 1.32. The number of ether oxygens (including phenoxy) is 2. The molecule has 0 N–H and O–H groups in total. The molecular weight excluding hydrogens is 204 g/mol. The summed E-state index contributed by atoms with van der Waals surface area (Å²) >= 11 is 0. The molecule has 0 aromatic heterocycles. The van der Waals surface area contributed by atoms with Crippen molar-refractivity contribution < 1.29 is 14.3 Å². The Balaban J connectivity index is 3.21. The van der Waals surface area contributed by atoms with E-state index < -0.39 is 6.16 Å². The molecule has 16 heavy (non-hydrogen) atoms. The molecule has 0 amide bonds. The molecule has 1 atom stereocenters. The molecule has 0 aromatic rings. The quantitative estimate of drug-likeness (QED) is 0.437. The molecule has 0 heterocycles. The molecule has 0 aromatic carbocycles. The Morgan fingerprint density at radius 3 is 2.31 bits per heavy atom. The summed E-state index contributed by atoms with van der Waals surface area (Å²) in [5, 5.41) is 0. The molecule has 0 aliphatic rings. The van der Waals surface area contributed by atoms with E-state index in [1.807, 2.05) is 13.8 Å². The fraction of sp³-hybridized carbons (Fsp3) is 0.923. The third kappa shape index (κ3) is 9.81. The lowest BCUT2D eigenvalue weighted by Crippen LogP contribution is -2.15. The third-order valence-electron chi connectivity index (χ3n) is 2.59. The van der Waals surface area contributed by atoms with Crippen LogP contribution in [0.5, 0.6) is 0 Å². The maximum absolute atomic E-state index is 11.1. The SMILES string of the molecule is CCCCCCCCOC(=O)O[C@@H](C)CC. The van der Waals surface area contributed by atoms with Gasteiger partial charge in [0.25, 0.3) is 0 Å². The second-order valence-corrected chi connectivity index (χ2v) is 4.20. The molecule has 0 aliphatic carbocycles. The fourth-order valence-electron chi connectivity index (χ4n) is 1.32. The van der Waals surface area contributed by atoms with Gasteiger partial charge < -0.3 is 9.47 Å². The van der Waals surface area contributed by atoms with Gasteiger partial charge in [-0.2, -0.15) is 0 Å². The molecular formula is C13H26O3. The first-order valence-corrected chi connectivity index (χ1v) is 6.54. The Bertz CT molecular complexity index is 169. The Labute approximate surface area is 99.5 Å². The van der Waals surface area contributed by atoms with Crippen LogP contribution in [0.2, 0.25) is 0 Å². The molecule has 0 aliphatic heterocycles. The summed E-state index contributed by atoms with van der Waals surface area (Å²) in [6.07, 6.45) is 7.42. The van der Waals surface area contributed by atoms with Gasteiger partial charge in [0.05, 0.1) is 6.61 Å². The van der Waals surface area contributed by atoms with Gasteiger partial charge in [0, 0.05) is 0 Å². The molecule has 0 spiro atoms. The topological polar surface area (TPSA) is 35.5 Å². The number of rotatable bonds is 9. The van der Waals surface area contributed by atoms with Gasteiger partial charge in [-0.1, -0.05) is 46.0 Å². The summed E-state index contributed by atoms with van der Waals surface area (Å²) in [6, 6.07) is 0. The van der Waals surface area contributed by atoms with Gasteiger partial charge in [-0.3, -0.25) is 0 Å². The van der Waals surface area contributed by atoms with Crippen LogP contribution < -0.4 is 0 Å². The lowest BCUT2D eigenvalue weighted by atomic mass is 10.1. The first-order chi connectivity index (χ1) is 7.70. The van der Waals surface area contributed by atoms with Crippen molar-refractivity contribution >= 4 is 6.16 Å². The minimum Gasteiger partial charge on any atom is -0.434 e. The van der Waals surface area contributed by atoms with Crippen molar-refractivity contribution in [2.24, 2.45) is 0 Å². The normalized spacial score (nSPS) is 12.2. The van der Waals surface area contributed by atoms with Crippen molar-refractivity contribution in [2.45, 2.75) is 71.8 Å². The standard InChI is InChI=1S/C13H26O3/c1-4-6-7-8-9-10-11-15-13(14)16-12(3)5-2/h12H,4-11H2,1-3H3/t12-/m0/s1. The van der Waals surface area contributed by atoms with E-state index >= 15 is 0 Å². The Morgan fingerprint density at radius 1 is 1.06 bits per heavy atom. The third-order valence-corrected chi connectivity index (χ3v) is 2.59. The molecule has 0 saturated carbocycles. The lowest BCUT2D eigenvalue weighted by molar-refractivity contribution is 0.0272. The number of unbranched alkanes of at least 4 members (excludes halogenated alkanes) is 5.